The number of hydrogen-bond acceptors (Lipinski definition) is 2. The predicted octanol–water partition coefficient (Wildman–Crippen LogP) is 3.45. The van der Waals surface area contributed by atoms with Gasteiger partial charge in [0.1, 0.15) is 5.82 Å². The zero-order valence-corrected chi connectivity index (χ0v) is 10.6. The fourth-order valence-electron chi connectivity index (χ4n) is 1.20. The Morgan fingerprint density at radius 2 is 1.94 bits per heavy atom. The predicted molar refractivity (Wildman–Crippen MR) is 66.7 cm³/mol. The monoisotopic (exact) mass is 243 g/mol. The fraction of sp³-hybridized carbons (Fsp3) is 0.364. The van der Waals surface area contributed by atoms with Crippen LogP contribution in [0.2, 0.25) is 5.02 Å². The van der Waals surface area contributed by atoms with Crippen molar-refractivity contribution in [2.75, 3.05) is 19.0 Å². The standard InChI is InChI=1S/C9H9ClFN3.C2H6/c1-14(2)9-12-7-3-5(10)6(11)4-8(7)13-9;1-2/h3-4H,1-2H3,(H,12,13);1-2H3. The fourth-order valence-corrected chi connectivity index (χ4v) is 1.36. The van der Waals surface area contributed by atoms with Crippen LogP contribution in [0.3, 0.4) is 0 Å². The van der Waals surface area contributed by atoms with Crippen molar-refractivity contribution in [2.45, 2.75) is 13.8 Å². The molecule has 0 radical (unpaired) electrons. The van der Waals surface area contributed by atoms with Gasteiger partial charge >= 0.3 is 0 Å². The van der Waals surface area contributed by atoms with E-state index >= 15 is 0 Å². The van der Waals surface area contributed by atoms with Gasteiger partial charge in [-0.2, -0.15) is 0 Å². The number of imidazole rings is 1. The van der Waals surface area contributed by atoms with Gasteiger partial charge in [0.25, 0.3) is 0 Å². The Bertz CT molecular complexity index is 440. The van der Waals surface area contributed by atoms with Crippen molar-refractivity contribution in [3.05, 3.63) is 23.0 Å². The summed E-state index contributed by atoms with van der Waals surface area (Å²) in [5.74, 6) is 0.245. The van der Waals surface area contributed by atoms with Gasteiger partial charge in [-0.15, -0.1) is 0 Å². The number of nitrogens with zero attached hydrogens (tertiary/aromatic N) is 2. The molecule has 0 amide bonds. The highest BCUT2D eigenvalue weighted by Crippen LogP contribution is 2.22. The molecule has 1 aromatic heterocycles. The molecule has 5 heteroatoms. The Labute approximate surface area is 99.2 Å². The van der Waals surface area contributed by atoms with Gasteiger partial charge in [0.2, 0.25) is 5.95 Å². The van der Waals surface area contributed by atoms with Gasteiger partial charge < -0.3 is 9.88 Å². The van der Waals surface area contributed by atoms with Crippen molar-refractivity contribution in [3.8, 4) is 0 Å². The van der Waals surface area contributed by atoms with Crippen molar-refractivity contribution >= 4 is 28.6 Å². The van der Waals surface area contributed by atoms with Gasteiger partial charge in [-0.05, 0) is 6.07 Å². The molecule has 0 bridgehead atoms. The van der Waals surface area contributed by atoms with Gasteiger partial charge in [-0.1, -0.05) is 25.4 Å². The van der Waals surface area contributed by atoms with Crippen LogP contribution in [0.25, 0.3) is 11.0 Å². The Morgan fingerprint density at radius 1 is 1.31 bits per heavy atom. The number of nitrogens with one attached hydrogen (secondary N) is 1. The van der Waals surface area contributed by atoms with E-state index in [1.807, 2.05) is 32.8 Å². The van der Waals surface area contributed by atoms with Gasteiger partial charge in [0, 0.05) is 20.2 Å². The van der Waals surface area contributed by atoms with E-state index in [4.69, 9.17) is 11.6 Å². The number of fused-ring (bicyclic) bond motifs is 1. The molecule has 2 aromatic rings. The third kappa shape index (κ3) is 2.44. The van der Waals surface area contributed by atoms with Crippen LogP contribution in [0, 0.1) is 5.82 Å². The molecule has 1 aromatic carbocycles. The maximum atomic E-state index is 13.1. The number of hydrogen-bond donors (Lipinski definition) is 1. The minimum atomic E-state index is -0.437. The summed E-state index contributed by atoms with van der Waals surface area (Å²) < 4.78 is 13.1. The first-order chi connectivity index (χ1) is 7.58. The van der Waals surface area contributed by atoms with E-state index in [-0.39, 0.29) is 5.02 Å². The van der Waals surface area contributed by atoms with Crippen LogP contribution in [0.15, 0.2) is 12.1 Å². The van der Waals surface area contributed by atoms with Crippen LogP contribution in [-0.4, -0.2) is 24.1 Å². The van der Waals surface area contributed by atoms with Gasteiger partial charge in [0.15, 0.2) is 0 Å². The Kier molecular flexibility index (Phi) is 4.12. The van der Waals surface area contributed by atoms with Crippen molar-refractivity contribution in [1.29, 1.82) is 0 Å². The lowest BCUT2D eigenvalue weighted by Gasteiger charge is -2.05. The van der Waals surface area contributed by atoms with Crippen molar-refractivity contribution < 1.29 is 4.39 Å². The zero-order chi connectivity index (χ0) is 12.3. The van der Waals surface area contributed by atoms with E-state index in [1.54, 1.807) is 0 Å². The highest BCUT2D eigenvalue weighted by atomic mass is 35.5. The Morgan fingerprint density at radius 3 is 2.50 bits per heavy atom. The summed E-state index contributed by atoms with van der Waals surface area (Å²) in [6.45, 7) is 4.00. The normalized spacial score (nSPS) is 9.88. The van der Waals surface area contributed by atoms with E-state index in [9.17, 15) is 4.39 Å². The third-order valence-corrected chi connectivity index (χ3v) is 2.22. The smallest absolute Gasteiger partial charge is 0.203 e. The summed E-state index contributed by atoms with van der Waals surface area (Å²) in [5.41, 5.74) is 1.32. The molecule has 16 heavy (non-hydrogen) atoms. The second kappa shape index (κ2) is 5.16. The molecule has 2 rings (SSSR count). The molecular weight excluding hydrogens is 229 g/mol. The average Bonchev–Trinajstić information content (AvgIpc) is 2.65. The van der Waals surface area contributed by atoms with Gasteiger partial charge in [-0.3, -0.25) is 0 Å². The van der Waals surface area contributed by atoms with Crippen LogP contribution in [0.5, 0.6) is 0 Å². The first-order valence-electron chi connectivity index (χ1n) is 5.10. The molecule has 3 nitrogen and oxygen atoms in total. The summed E-state index contributed by atoms with van der Waals surface area (Å²) in [5, 5.41) is 0.0920. The SMILES string of the molecule is CC.CN(C)c1nc2cc(Cl)c(F)cc2[nH]1. The molecule has 1 N–H and O–H groups in total. The van der Waals surface area contributed by atoms with E-state index < -0.39 is 5.82 Å². The largest absolute Gasteiger partial charge is 0.349 e. The zero-order valence-electron chi connectivity index (χ0n) is 9.81. The molecule has 0 aliphatic rings. The van der Waals surface area contributed by atoms with Gasteiger partial charge in [-0.25, -0.2) is 9.37 Å². The molecule has 0 fully saturated rings. The number of rotatable bonds is 1. The average molecular weight is 244 g/mol. The second-order valence-corrected chi connectivity index (χ2v) is 3.65. The number of aromatic nitrogens is 2. The first-order valence-corrected chi connectivity index (χ1v) is 5.48. The number of aromatic amines is 1. The highest BCUT2D eigenvalue weighted by molar-refractivity contribution is 6.31. The summed E-state index contributed by atoms with van der Waals surface area (Å²) in [6.07, 6.45) is 0. The van der Waals surface area contributed by atoms with E-state index in [2.05, 4.69) is 9.97 Å². The topological polar surface area (TPSA) is 31.9 Å². The van der Waals surface area contributed by atoms with Crippen molar-refractivity contribution in [2.24, 2.45) is 0 Å². The van der Waals surface area contributed by atoms with E-state index in [0.717, 1.165) is 0 Å². The summed E-state index contributed by atoms with van der Waals surface area (Å²) in [4.78, 5) is 9.02. The third-order valence-electron chi connectivity index (χ3n) is 1.94. The van der Waals surface area contributed by atoms with E-state index in [0.29, 0.717) is 17.0 Å². The number of H-pyrrole nitrogens is 1. The minimum Gasteiger partial charge on any atom is -0.349 e. The molecule has 0 saturated carbocycles. The molecule has 1 heterocycles. The minimum absolute atomic E-state index is 0.0920. The molecule has 0 atom stereocenters. The maximum absolute atomic E-state index is 13.1. The van der Waals surface area contributed by atoms with Gasteiger partial charge in [0.05, 0.1) is 16.1 Å². The van der Waals surface area contributed by atoms with Crippen LogP contribution >= 0.6 is 11.6 Å². The molecule has 0 saturated heterocycles. The Hall–Kier alpha value is -1.29. The van der Waals surface area contributed by atoms with Crippen LogP contribution in [0.4, 0.5) is 10.3 Å². The highest BCUT2D eigenvalue weighted by Gasteiger charge is 2.07. The van der Waals surface area contributed by atoms with Crippen LogP contribution < -0.4 is 4.90 Å². The summed E-state index contributed by atoms with van der Waals surface area (Å²) in [6, 6.07) is 2.85. The molecule has 0 aliphatic carbocycles. The van der Waals surface area contributed by atoms with Crippen molar-refractivity contribution in [3.63, 3.8) is 0 Å². The quantitative estimate of drug-likeness (QED) is 0.832. The first kappa shape index (κ1) is 12.8. The Balaban J connectivity index is 0.000000606. The molecule has 88 valence electrons. The lowest BCUT2D eigenvalue weighted by molar-refractivity contribution is 0.630. The number of benzene rings is 1. The molecule has 0 unspecified atom stereocenters. The molecule has 0 aliphatic heterocycles. The van der Waals surface area contributed by atoms with Crippen molar-refractivity contribution in [1.82, 2.24) is 9.97 Å². The lowest BCUT2D eigenvalue weighted by atomic mass is 10.3. The van der Waals surface area contributed by atoms with Crippen LogP contribution in [-0.2, 0) is 0 Å². The maximum Gasteiger partial charge on any atom is 0.203 e. The van der Waals surface area contributed by atoms with E-state index in [1.165, 1.54) is 12.1 Å². The summed E-state index contributed by atoms with van der Waals surface area (Å²) in [7, 11) is 3.71. The number of halogens is 2. The van der Waals surface area contributed by atoms with Crippen LogP contribution in [0.1, 0.15) is 13.8 Å². The second-order valence-electron chi connectivity index (χ2n) is 3.24. The summed E-state index contributed by atoms with van der Waals surface area (Å²) >= 11 is 5.63. The molecular formula is C11H15ClFN3. The number of anilines is 1. The lowest BCUT2D eigenvalue weighted by Crippen LogP contribution is -2.09. The molecule has 0 spiro atoms.